The lowest BCUT2D eigenvalue weighted by atomic mass is 10.1. The Hall–Kier alpha value is -0.650. The molecule has 0 spiro atoms. The van der Waals surface area contributed by atoms with E-state index in [1.807, 2.05) is 30.3 Å². The van der Waals surface area contributed by atoms with Gasteiger partial charge in [-0.1, -0.05) is 30.3 Å². The highest BCUT2D eigenvalue weighted by Crippen LogP contribution is 2.48. The van der Waals surface area contributed by atoms with Gasteiger partial charge in [-0.15, -0.1) is 23.5 Å². The van der Waals surface area contributed by atoms with E-state index in [1.165, 1.54) is 23.5 Å². The Morgan fingerprint density at radius 2 is 2.00 bits per heavy atom. The molecule has 104 valence electrons. The van der Waals surface area contributed by atoms with Crippen molar-refractivity contribution in [2.75, 3.05) is 18.1 Å². The molecule has 0 saturated carbocycles. The first kappa shape index (κ1) is 14.8. The van der Waals surface area contributed by atoms with Crippen molar-refractivity contribution in [1.29, 1.82) is 0 Å². The molecule has 1 aliphatic heterocycles. The molecule has 0 aliphatic carbocycles. The number of aliphatic hydroxyl groups excluding tert-OH is 1. The van der Waals surface area contributed by atoms with Crippen molar-refractivity contribution in [1.82, 2.24) is 0 Å². The second kappa shape index (κ2) is 6.68. The average molecular weight is 298 g/mol. The van der Waals surface area contributed by atoms with Gasteiger partial charge in [0.1, 0.15) is 0 Å². The standard InChI is InChI=1S/C14H18O3S2/c1-2-17-13(16)14(18-8-9-19-14)12(15)10-11-6-4-3-5-7-11/h3-7,12,15H,2,8-10H2,1H3/t12-/m1/s1. The highest BCUT2D eigenvalue weighted by molar-refractivity contribution is 8.22. The molecule has 1 N–H and O–H groups in total. The highest BCUT2D eigenvalue weighted by Gasteiger charge is 2.50. The van der Waals surface area contributed by atoms with Gasteiger partial charge in [-0.2, -0.15) is 0 Å². The summed E-state index contributed by atoms with van der Waals surface area (Å²) in [7, 11) is 0. The van der Waals surface area contributed by atoms with Crippen LogP contribution >= 0.6 is 23.5 Å². The van der Waals surface area contributed by atoms with Crippen LogP contribution in [-0.2, 0) is 16.0 Å². The number of esters is 1. The molecule has 1 aromatic rings. The number of carbonyl (C=O) groups is 1. The van der Waals surface area contributed by atoms with Crippen molar-refractivity contribution in [3.63, 3.8) is 0 Å². The quantitative estimate of drug-likeness (QED) is 0.845. The maximum atomic E-state index is 12.2. The fraction of sp³-hybridized carbons (Fsp3) is 0.500. The minimum absolute atomic E-state index is 0.300. The Labute approximate surface area is 122 Å². The summed E-state index contributed by atoms with van der Waals surface area (Å²) >= 11 is 3.01. The minimum atomic E-state index is -0.855. The van der Waals surface area contributed by atoms with Gasteiger partial charge in [-0.3, -0.25) is 0 Å². The van der Waals surface area contributed by atoms with Gasteiger partial charge in [-0.05, 0) is 12.5 Å². The molecule has 1 aliphatic rings. The number of hydrogen-bond donors (Lipinski definition) is 1. The fourth-order valence-corrected chi connectivity index (χ4v) is 5.09. The number of ether oxygens (including phenoxy) is 1. The fourth-order valence-electron chi connectivity index (χ4n) is 2.08. The summed E-state index contributed by atoms with van der Waals surface area (Å²) < 4.78 is 4.29. The lowest BCUT2D eigenvalue weighted by Crippen LogP contribution is -2.44. The molecule has 1 fully saturated rings. The van der Waals surface area contributed by atoms with Gasteiger partial charge in [0.25, 0.3) is 0 Å². The van der Waals surface area contributed by atoms with Crippen LogP contribution in [0.5, 0.6) is 0 Å². The number of aliphatic hydroxyl groups is 1. The lowest BCUT2D eigenvalue weighted by molar-refractivity contribution is -0.145. The van der Waals surface area contributed by atoms with Crippen LogP contribution in [0.1, 0.15) is 12.5 Å². The molecule has 0 unspecified atom stereocenters. The van der Waals surface area contributed by atoms with E-state index in [2.05, 4.69) is 0 Å². The zero-order valence-electron chi connectivity index (χ0n) is 10.9. The summed E-state index contributed by atoms with van der Waals surface area (Å²) in [6.07, 6.45) is -0.258. The van der Waals surface area contributed by atoms with Crippen molar-refractivity contribution in [3.05, 3.63) is 35.9 Å². The van der Waals surface area contributed by atoms with Gasteiger partial charge in [0.2, 0.25) is 0 Å². The molecule has 5 heteroatoms. The molecular formula is C14H18O3S2. The Morgan fingerprint density at radius 1 is 1.37 bits per heavy atom. The van der Waals surface area contributed by atoms with E-state index in [1.54, 1.807) is 6.92 Å². The van der Waals surface area contributed by atoms with E-state index >= 15 is 0 Å². The smallest absolute Gasteiger partial charge is 0.335 e. The molecule has 19 heavy (non-hydrogen) atoms. The van der Waals surface area contributed by atoms with Gasteiger partial charge in [0.05, 0.1) is 12.7 Å². The number of rotatable bonds is 5. The first-order valence-corrected chi connectivity index (χ1v) is 8.33. The first-order chi connectivity index (χ1) is 9.19. The minimum Gasteiger partial charge on any atom is -0.464 e. The SMILES string of the molecule is CCOC(=O)C1([C@H](O)Cc2ccccc2)SCCS1. The molecule has 1 heterocycles. The van der Waals surface area contributed by atoms with E-state index in [4.69, 9.17) is 4.74 Å². The molecule has 1 atom stereocenters. The van der Waals surface area contributed by atoms with E-state index in [9.17, 15) is 9.90 Å². The van der Waals surface area contributed by atoms with Crippen LogP contribution in [0.3, 0.4) is 0 Å². The van der Waals surface area contributed by atoms with Crippen LogP contribution < -0.4 is 0 Å². The summed E-state index contributed by atoms with van der Waals surface area (Å²) in [6, 6.07) is 9.75. The summed E-state index contributed by atoms with van der Waals surface area (Å²) in [5.41, 5.74) is 1.03. The van der Waals surface area contributed by atoms with Gasteiger partial charge in [0, 0.05) is 17.9 Å². The predicted molar refractivity (Wildman–Crippen MR) is 80.4 cm³/mol. The molecule has 3 nitrogen and oxygen atoms in total. The number of carbonyl (C=O) groups excluding carboxylic acids is 1. The van der Waals surface area contributed by atoms with E-state index in [0.29, 0.717) is 13.0 Å². The third-order valence-corrected chi connectivity index (χ3v) is 6.50. The van der Waals surface area contributed by atoms with Gasteiger partial charge >= 0.3 is 5.97 Å². The molecule has 1 saturated heterocycles. The number of benzene rings is 1. The van der Waals surface area contributed by atoms with E-state index in [-0.39, 0.29) is 5.97 Å². The molecule has 0 radical (unpaired) electrons. The second-order valence-electron chi connectivity index (χ2n) is 4.29. The molecule has 2 rings (SSSR count). The largest absolute Gasteiger partial charge is 0.464 e. The molecule has 1 aromatic carbocycles. The van der Waals surface area contributed by atoms with Gasteiger partial charge in [0.15, 0.2) is 4.08 Å². The first-order valence-electron chi connectivity index (χ1n) is 6.36. The van der Waals surface area contributed by atoms with Crippen molar-refractivity contribution in [2.45, 2.75) is 23.5 Å². The summed E-state index contributed by atoms with van der Waals surface area (Å²) in [4.78, 5) is 12.2. The molecular weight excluding hydrogens is 280 g/mol. The third-order valence-electron chi connectivity index (χ3n) is 2.99. The molecule has 0 amide bonds. The second-order valence-corrected chi connectivity index (χ2v) is 7.23. The number of hydrogen-bond acceptors (Lipinski definition) is 5. The topological polar surface area (TPSA) is 46.5 Å². The van der Waals surface area contributed by atoms with Crippen LogP contribution in [0.25, 0.3) is 0 Å². The highest BCUT2D eigenvalue weighted by atomic mass is 32.2. The van der Waals surface area contributed by atoms with Crippen LogP contribution in [0.4, 0.5) is 0 Å². The normalized spacial score (nSPS) is 19.1. The van der Waals surface area contributed by atoms with Crippen molar-refractivity contribution in [3.8, 4) is 0 Å². The summed E-state index contributed by atoms with van der Waals surface area (Å²) in [5.74, 6) is 1.44. The Morgan fingerprint density at radius 3 is 2.58 bits per heavy atom. The Bertz CT molecular complexity index is 416. The Kier molecular flexibility index (Phi) is 5.19. The zero-order valence-corrected chi connectivity index (χ0v) is 12.5. The predicted octanol–water partition coefficient (Wildman–Crippen LogP) is 2.33. The monoisotopic (exact) mass is 298 g/mol. The average Bonchev–Trinajstić information content (AvgIpc) is 2.91. The lowest BCUT2D eigenvalue weighted by Gasteiger charge is -2.30. The van der Waals surface area contributed by atoms with E-state index in [0.717, 1.165) is 17.1 Å². The van der Waals surface area contributed by atoms with Crippen molar-refractivity contribution in [2.24, 2.45) is 0 Å². The number of thioether (sulfide) groups is 2. The van der Waals surface area contributed by atoms with E-state index < -0.39 is 10.2 Å². The van der Waals surface area contributed by atoms with Crippen LogP contribution in [0.15, 0.2) is 30.3 Å². The van der Waals surface area contributed by atoms with Crippen LogP contribution in [0, 0.1) is 0 Å². The molecule has 0 aromatic heterocycles. The van der Waals surface area contributed by atoms with Crippen molar-refractivity contribution >= 4 is 29.5 Å². The summed E-state index contributed by atoms with van der Waals surface area (Å²) in [6.45, 7) is 2.14. The van der Waals surface area contributed by atoms with Gasteiger partial charge < -0.3 is 9.84 Å². The van der Waals surface area contributed by atoms with Crippen molar-refractivity contribution < 1.29 is 14.6 Å². The Balaban J connectivity index is 2.12. The van der Waals surface area contributed by atoms with Gasteiger partial charge in [-0.25, -0.2) is 4.79 Å². The summed E-state index contributed by atoms with van der Waals surface area (Å²) in [5, 5.41) is 10.5. The van der Waals surface area contributed by atoms with Crippen LogP contribution in [-0.4, -0.2) is 39.4 Å². The van der Waals surface area contributed by atoms with Crippen LogP contribution in [0.2, 0.25) is 0 Å². The maximum absolute atomic E-state index is 12.2. The maximum Gasteiger partial charge on any atom is 0.335 e. The molecule has 0 bridgehead atoms. The third kappa shape index (κ3) is 3.27. The zero-order chi connectivity index (χ0) is 13.7.